The van der Waals surface area contributed by atoms with Gasteiger partial charge in [-0.15, -0.1) is 0 Å². The average molecular weight is 904 g/mol. The molecule has 0 aromatic carbocycles. The van der Waals surface area contributed by atoms with E-state index in [0.717, 1.165) is 44.9 Å². The van der Waals surface area contributed by atoms with Crippen LogP contribution in [-0.2, 0) is 28.9 Å². The van der Waals surface area contributed by atoms with E-state index in [4.69, 9.17) is 9.47 Å². The van der Waals surface area contributed by atoms with Gasteiger partial charge in [0.1, 0.15) is 30.5 Å². The molecule has 1 aliphatic heterocycles. The summed E-state index contributed by atoms with van der Waals surface area (Å²) < 4.78 is 47.5. The Morgan fingerprint density at radius 2 is 1.08 bits per heavy atom. The molecule has 8 atom stereocenters. The van der Waals surface area contributed by atoms with Gasteiger partial charge in [-0.3, -0.25) is 9.35 Å². The number of ether oxygens (including phenoxy) is 2. The third kappa shape index (κ3) is 30.4. The van der Waals surface area contributed by atoms with E-state index < -0.39 is 78.5 Å². The van der Waals surface area contributed by atoms with E-state index in [0.29, 0.717) is 12.8 Å². The molecule has 0 aliphatic carbocycles. The van der Waals surface area contributed by atoms with Crippen LogP contribution in [0.3, 0.4) is 0 Å². The molecule has 0 aromatic rings. The minimum absolute atomic E-state index is 0.236. The van der Waals surface area contributed by atoms with Gasteiger partial charge in [0.05, 0.1) is 25.4 Å². The number of unbranched alkanes of at least 4 members (excludes halogenated alkanes) is 24. The fourth-order valence-electron chi connectivity index (χ4n) is 7.61. The van der Waals surface area contributed by atoms with Gasteiger partial charge >= 0.3 is 10.4 Å². The van der Waals surface area contributed by atoms with Crippen LogP contribution >= 0.6 is 0 Å². The number of hydrogen-bond acceptors (Lipinski definition) is 11. The Morgan fingerprint density at radius 1 is 0.645 bits per heavy atom. The minimum Gasteiger partial charge on any atom is -0.394 e. The van der Waals surface area contributed by atoms with Crippen LogP contribution in [0.5, 0.6) is 0 Å². The molecule has 0 saturated carbocycles. The van der Waals surface area contributed by atoms with Crippen molar-refractivity contribution in [1.82, 2.24) is 5.32 Å². The van der Waals surface area contributed by atoms with Crippen molar-refractivity contribution in [2.75, 3.05) is 13.2 Å². The molecule has 1 heterocycles. The molecule has 1 rings (SSSR count). The number of aliphatic hydroxyl groups excluding tert-OH is 5. The molecule has 0 spiro atoms. The number of amides is 1. The molecular weight excluding hydrogens is 815 g/mol. The van der Waals surface area contributed by atoms with E-state index in [1.807, 2.05) is 0 Å². The van der Waals surface area contributed by atoms with Crippen LogP contribution in [0, 0.1) is 0 Å². The Bertz CT molecular complexity index is 1260. The van der Waals surface area contributed by atoms with Crippen molar-refractivity contribution in [3.8, 4) is 0 Å². The van der Waals surface area contributed by atoms with Crippen molar-refractivity contribution < 1.29 is 57.0 Å². The van der Waals surface area contributed by atoms with Gasteiger partial charge in [0.15, 0.2) is 6.29 Å². The third-order valence-electron chi connectivity index (χ3n) is 11.5. The average Bonchev–Trinajstić information content (AvgIpc) is 3.24. The maximum Gasteiger partial charge on any atom is 0.397 e. The first-order valence-electron chi connectivity index (χ1n) is 24.5. The van der Waals surface area contributed by atoms with Crippen LogP contribution in [0.25, 0.3) is 0 Å². The van der Waals surface area contributed by atoms with Gasteiger partial charge in [0.25, 0.3) is 0 Å². The van der Waals surface area contributed by atoms with Crippen LogP contribution < -0.4 is 5.32 Å². The molecule has 1 amide bonds. The molecular formula is C48H89NO12S. The summed E-state index contributed by atoms with van der Waals surface area (Å²) >= 11 is 0. The van der Waals surface area contributed by atoms with E-state index in [1.54, 1.807) is 6.08 Å². The standard InChI is InChI=1S/C48H89NO12S/c1-3-5-7-9-11-13-15-17-19-21-23-24-26-28-30-32-34-36-41(51)40(39-59-48-45(54)46(61-62(56,57)58)44(53)43(38-50)60-48)49-47(55)42(52)37-35-33-31-29-27-25-22-20-18-16-14-12-10-8-6-4-2/h19,21,26,28,34,36,40-46,48,50-54H,3-18,20,22-25,27,29-33,35,37-39H2,1-2H3,(H,49,55)(H,56,57,58)/b21-19+,28-26+,36-34+. The Hall–Kier alpha value is -1.72. The molecule has 7 N–H and O–H groups in total. The maximum atomic E-state index is 13.1. The molecule has 0 aromatic heterocycles. The number of allylic oxidation sites excluding steroid dienone is 5. The first kappa shape index (κ1) is 58.3. The summed E-state index contributed by atoms with van der Waals surface area (Å²) in [5.74, 6) is -0.715. The predicted octanol–water partition coefficient (Wildman–Crippen LogP) is 8.86. The molecule has 14 heteroatoms. The lowest BCUT2D eigenvalue weighted by molar-refractivity contribution is -0.298. The summed E-state index contributed by atoms with van der Waals surface area (Å²) in [6, 6.07) is -1.14. The van der Waals surface area contributed by atoms with Crippen molar-refractivity contribution in [3.05, 3.63) is 36.5 Å². The highest BCUT2D eigenvalue weighted by molar-refractivity contribution is 7.80. The number of aliphatic hydroxyl groups is 5. The van der Waals surface area contributed by atoms with Gasteiger partial charge in [0, 0.05) is 0 Å². The van der Waals surface area contributed by atoms with E-state index >= 15 is 0 Å². The number of carbonyl (C=O) groups is 1. The zero-order chi connectivity index (χ0) is 45.7. The van der Waals surface area contributed by atoms with Crippen LogP contribution in [0.2, 0.25) is 0 Å². The summed E-state index contributed by atoms with van der Waals surface area (Å²) in [6.45, 7) is 3.20. The minimum atomic E-state index is -5.12. The second kappa shape index (κ2) is 38.5. The van der Waals surface area contributed by atoms with Crippen molar-refractivity contribution in [2.45, 2.75) is 249 Å². The number of rotatable bonds is 41. The van der Waals surface area contributed by atoms with Gasteiger partial charge in [-0.2, -0.15) is 8.42 Å². The maximum absolute atomic E-state index is 13.1. The lowest BCUT2D eigenvalue weighted by Crippen LogP contribution is -2.61. The molecule has 13 nitrogen and oxygen atoms in total. The molecule has 62 heavy (non-hydrogen) atoms. The van der Waals surface area contributed by atoms with Gasteiger partial charge in [-0.1, -0.05) is 192 Å². The summed E-state index contributed by atoms with van der Waals surface area (Å²) in [4.78, 5) is 13.1. The predicted molar refractivity (Wildman–Crippen MR) is 247 cm³/mol. The van der Waals surface area contributed by atoms with E-state index in [1.165, 1.54) is 128 Å². The fourth-order valence-corrected chi connectivity index (χ4v) is 8.12. The topological polar surface area (TPSA) is 212 Å². The van der Waals surface area contributed by atoms with Crippen LogP contribution in [0.4, 0.5) is 0 Å². The molecule has 0 bridgehead atoms. The molecule has 0 radical (unpaired) electrons. The SMILES string of the molecule is CCCCCCCCC/C=C/CC/C=C/CC/C=C/C(O)C(COC1OC(CO)C(O)C(OS(=O)(=O)O)C1O)NC(=O)C(O)CCCCCCCCCCCCCCCCCC. The van der Waals surface area contributed by atoms with Crippen molar-refractivity contribution in [3.63, 3.8) is 0 Å². The smallest absolute Gasteiger partial charge is 0.394 e. The van der Waals surface area contributed by atoms with Gasteiger partial charge in [-0.05, 0) is 44.9 Å². The normalized spacial score (nSPS) is 21.3. The Labute approximate surface area is 376 Å². The quantitative estimate of drug-likeness (QED) is 0.0174. The molecule has 1 fully saturated rings. The largest absolute Gasteiger partial charge is 0.397 e. The van der Waals surface area contributed by atoms with Crippen molar-refractivity contribution in [1.29, 1.82) is 0 Å². The monoisotopic (exact) mass is 904 g/mol. The van der Waals surface area contributed by atoms with E-state index in [9.17, 15) is 43.3 Å². The zero-order valence-electron chi connectivity index (χ0n) is 38.5. The number of nitrogens with one attached hydrogen (secondary N) is 1. The lowest BCUT2D eigenvalue weighted by Gasteiger charge is -2.41. The van der Waals surface area contributed by atoms with Gasteiger partial charge < -0.3 is 40.3 Å². The molecule has 8 unspecified atom stereocenters. The van der Waals surface area contributed by atoms with Crippen LogP contribution in [0.1, 0.15) is 200 Å². The zero-order valence-corrected chi connectivity index (χ0v) is 39.4. The Balaban J connectivity index is 2.59. The number of hydrogen-bond donors (Lipinski definition) is 7. The lowest BCUT2D eigenvalue weighted by atomic mass is 9.99. The number of carbonyl (C=O) groups excluding carboxylic acids is 1. The van der Waals surface area contributed by atoms with Crippen LogP contribution in [-0.4, -0.2) is 107 Å². The Morgan fingerprint density at radius 3 is 1.55 bits per heavy atom. The summed E-state index contributed by atoms with van der Waals surface area (Å²) in [5.41, 5.74) is 0. The van der Waals surface area contributed by atoms with Gasteiger partial charge in [-0.25, -0.2) is 4.18 Å². The fraction of sp³-hybridized carbons (Fsp3) is 0.854. The summed E-state index contributed by atoms with van der Waals surface area (Å²) in [7, 11) is -5.12. The van der Waals surface area contributed by atoms with Gasteiger partial charge in [0.2, 0.25) is 5.91 Å². The Kier molecular flexibility index (Phi) is 36.2. The highest BCUT2D eigenvalue weighted by Gasteiger charge is 2.48. The molecule has 1 aliphatic rings. The van der Waals surface area contributed by atoms with E-state index in [2.05, 4.69) is 47.7 Å². The van der Waals surface area contributed by atoms with Crippen LogP contribution in [0.15, 0.2) is 36.5 Å². The first-order chi connectivity index (χ1) is 29.9. The second-order valence-electron chi connectivity index (χ2n) is 17.2. The summed E-state index contributed by atoms with van der Waals surface area (Å²) in [6.07, 6.45) is 33.6. The highest BCUT2D eigenvalue weighted by atomic mass is 32.3. The first-order valence-corrected chi connectivity index (χ1v) is 25.8. The molecule has 1 saturated heterocycles. The molecule has 364 valence electrons. The van der Waals surface area contributed by atoms with Crippen molar-refractivity contribution in [2.24, 2.45) is 0 Å². The van der Waals surface area contributed by atoms with E-state index in [-0.39, 0.29) is 6.42 Å². The highest BCUT2D eigenvalue weighted by Crippen LogP contribution is 2.26. The van der Waals surface area contributed by atoms with Crippen molar-refractivity contribution >= 4 is 16.3 Å². The summed E-state index contributed by atoms with van der Waals surface area (Å²) in [5, 5.41) is 55.2. The second-order valence-corrected chi connectivity index (χ2v) is 18.2. The third-order valence-corrected chi connectivity index (χ3v) is 12.0.